The summed E-state index contributed by atoms with van der Waals surface area (Å²) in [6.07, 6.45) is 2.92. The van der Waals surface area contributed by atoms with Gasteiger partial charge in [-0.05, 0) is 36.2 Å². The molecule has 1 aliphatic heterocycles. The molecular weight excluding hydrogens is 257 g/mol. The fraction of sp³-hybridized carbons (Fsp3) is 0.312. The lowest BCUT2D eigenvalue weighted by Crippen LogP contribution is -2.29. The molecule has 0 bridgehead atoms. The van der Waals surface area contributed by atoms with E-state index in [-0.39, 0.29) is 11.7 Å². The average Bonchev–Trinajstić information content (AvgIpc) is 3.11. The number of hydrogen-bond donors (Lipinski definition) is 0. The topological polar surface area (TPSA) is 33.5 Å². The molecule has 0 aliphatic carbocycles. The van der Waals surface area contributed by atoms with Crippen LogP contribution in [0.5, 0.6) is 0 Å². The highest BCUT2D eigenvalue weighted by Gasteiger charge is 2.28. The van der Waals surface area contributed by atoms with Gasteiger partial charge < -0.3 is 9.32 Å². The van der Waals surface area contributed by atoms with Crippen LogP contribution in [0.4, 0.5) is 4.39 Å². The van der Waals surface area contributed by atoms with Gasteiger partial charge in [0.15, 0.2) is 0 Å². The van der Waals surface area contributed by atoms with Crippen LogP contribution in [0.1, 0.15) is 23.7 Å². The minimum absolute atomic E-state index is 0.0886. The molecule has 1 fully saturated rings. The van der Waals surface area contributed by atoms with E-state index >= 15 is 0 Å². The summed E-state index contributed by atoms with van der Waals surface area (Å²) >= 11 is 0. The molecule has 1 aromatic heterocycles. The molecule has 0 N–H and O–H groups in total. The molecule has 0 saturated carbocycles. The van der Waals surface area contributed by atoms with E-state index in [0.29, 0.717) is 18.9 Å². The average molecular weight is 273 g/mol. The maximum Gasteiger partial charge on any atom is 0.227 e. The molecule has 2 heterocycles. The van der Waals surface area contributed by atoms with Crippen LogP contribution in [0.25, 0.3) is 0 Å². The van der Waals surface area contributed by atoms with Crippen LogP contribution in [0.2, 0.25) is 0 Å². The number of halogens is 1. The first-order valence-electron chi connectivity index (χ1n) is 6.78. The summed E-state index contributed by atoms with van der Waals surface area (Å²) in [6.45, 7) is 1.46. The molecule has 0 radical (unpaired) electrons. The van der Waals surface area contributed by atoms with Crippen LogP contribution in [-0.2, 0) is 11.2 Å². The van der Waals surface area contributed by atoms with Crippen LogP contribution in [0.15, 0.2) is 47.1 Å². The Morgan fingerprint density at radius 1 is 1.30 bits per heavy atom. The van der Waals surface area contributed by atoms with Crippen molar-refractivity contribution in [2.75, 3.05) is 13.1 Å². The first-order chi connectivity index (χ1) is 9.72. The summed E-state index contributed by atoms with van der Waals surface area (Å²) in [7, 11) is 0. The third-order valence-electron chi connectivity index (χ3n) is 3.76. The van der Waals surface area contributed by atoms with E-state index in [4.69, 9.17) is 4.42 Å². The van der Waals surface area contributed by atoms with Crippen molar-refractivity contribution in [2.24, 2.45) is 0 Å². The van der Waals surface area contributed by atoms with Gasteiger partial charge in [-0.3, -0.25) is 4.79 Å². The lowest BCUT2D eigenvalue weighted by atomic mass is 10.1. The molecule has 20 heavy (non-hydrogen) atoms. The summed E-state index contributed by atoms with van der Waals surface area (Å²) in [5.41, 5.74) is 0.845. The van der Waals surface area contributed by atoms with Crippen LogP contribution in [0.3, 0.4) is 0 Å². The summed E-state index contributed by atoms with van der Waals surface area (Å²) in [6, 6.07) is 9.92. The first-order valence-corrected chi connectivity index (χ1v) is 6.78. The Morgan fingerprint density at radius 2 is 2.10 bits per heavy atom. The van der Waals surface area contributed by atoms with Crippen LogP contribution in [0, 0.1) is 5.82 Å². The molecule has 1 aromatic carbocycles. The summed E-state index contributed by atoms with van der Waals surface area (Å²) in [5.74, 6) is 1.05. The van der Waals surface area contributed by atoms with Crippen molar-refractivity contribution < 1.29 is 13.6 Å². The highest BCUT2D eigenvalue weighted by atomic mass is 19.1. The van der Waals surface area contributed by atoms with Crippen molar-refractivity contribution in [3.63, 3.8) is 0 Å². The second-order valence-corrected chi connectivity index (χ2v) is 5.14. The minimum atomic E-state index is -0.278. The molecule has 1 aliphatic rings. The highest BCUT2D eigenvalue weighted by molar-refractivity contribution is 5.79. The van der Waals surface area contributed by atoms with Gasteiger partial charge in [-0.2, -0.15) is 0 Å². The molecule has 1 saturated heterocycles. The Labute approximate surface area is 117 Å². The molecular formula is C16H16FNO2. The molecule has 1 amide bonds. The molecule has 104 valence electrons. The Kier molecular flexibility index (Phi) is 3.54. The van der Waals surface area contributed by atoms with Crippen molar-refractivity contribution in [1.82, 2.24) is 4.90 Å². The summed E-state index contributed by atoms with van der Waals surface area (Å²) in [4.78, 5) is 14.1. The third-order valence-corrected chi connectivity index (χ3v) is 3.76. The fourth-order valence-electron chi connectivity index (χ4n) is 2.63. The van der Waals surface area contributed by atoms with Crippen molar-refractivity contribution in [2.45, 2.75) is 18.8 Å². The van der Waals surface area contributed by atoms with E-state index in [2.05, 4.69) is 0 Å². The Bertz CT molecular complexity index is 577. The molecule has 3 rings (SSSR count). The quantitative estimate of drug-likeness (QED) is 0.861. The molecule has 0 spiro atoms. The van der Waals surface area contributed by atoms with Gasteiger partial charge in [0.05, 0.1) is 12.7 Å². The largest absolute Gasteiger partial charge is 0.469 e. The van der Waals surface area contributed by atoms with Gasteiger partial charge in [0.25, 0.3) is 0 Å². The molecule has 1 atom stereocenters. The standard InChI is InChI=1S/C16H16FNO2/c17-14-5-3-12(4-6-14)10-16(19)18-8-7-13(11-18)15-2-1-9-20-15/h1-6,9,13H,7-8,10-11H2. The highest BCUT2D eigenvalue weighted by Crippen LogP contribution is 2.27. The van der Waals surface area contributed by atoms with E-state index in [1.165, 1.54) is 12.1 Å². The third kappa shape index (κ3) is 2.74. The lowest BCUT2D eigenvalue weighted by Gasteiger charge is -2.16. The van der Waals surface area contributed by atoms with Gasteiger partial charge in [-0.15, -0.1) is 0 Å². The monoisotopic (exact) mass is 273 g/mol. The van der Waals surface area contributed by atoms with E-state index in [1.54, 1.807) is 18.4 Å². The number of carbonyl (C=O) groups is 1. The second-order valence-electron chi connectivity index (χ2n) is 5.14. The lowest BCUT2D eigenvalue weighted by molar-refractivity contribution is -0.129. The predicted octanol–water partition coefficient (Wildman–Crippen LogP) is 2.98. The zero-order chi connectivity index (χ0) is 13.9. The van der Waals surface area contributed by atoms with Crippen LogP contribution < -0.4 is 0 Å². The second kappa shape index (κ2) is 5.49. The maximum atomic E-state index is 12.8. The van der Waals surface area contributed by atoms with Gasteiger partial charge in [0, 0.05) is 19.0 Å². The van der Waals surface area contributed by atoms with E-state index < -0.39 is 0 Å². The zero-order valence-corrected chi connectivity index (χ0v) is 11.1. The number of carbonyl (C=O) groups excluding carboxylic acids is 1. The predicted molar refractivity (Wildman–Crippen MR) is 72.8 cm³/mol. The number of benzene rings is 1. The van der Waals surface area contributed by atoms with Gasteiger partial charge in [0.1, 0.15) is 11.6 Å². The van der Waals surface area contributed by atoms with Gasteiger partial charge in [-0.25, -0.2) is 4.39 Å². The molecule has 2 aromatic rings. The van der Waals surface area contributed by atoms with Gasteiger partial charge in [0.2, 0.25) is 5.91 Å². The summed E-state index contributed by atoms with van der Waals surface area (Å²) in [5, 5.41) is 0. The van der Waals surface area contributed by atoms with Crippen molar-refractivity contribution in [3.05, 3.63) is 59.8 Å². The van der Waals surface area contributed by atoms with Crippen molar-refractivity contribution in [1.29, 1.82) is 0 Å². The van der Waals surface area contributed by atoms with E-state index in [0.717, 1.165) is 24.3 Å². The SMILES string of the molecule is O=C(Cc1ccc(F)cc1)N1CCC(c2ccco2)C1. The van der Waals surface area contributed by atoms with Gasteiger partial charge >= 0.3 is 0 Å². The minimum Gasteiger partial charge on any atom is -0.469 e. The molecule has 3 nitrogen and oxygen atoms in total. The number of amides is 1. The normalized spacial score (nSPS) is 18.4. The van der Waals surface area contributed by atoms with Crippen molar-refractivity contribution in [3.8, 4) is 0 Å². The van der Waals surface area contributed by atoms with Gasteiger partial charge in [-0.1, -0.05) is 12.1 Å². The van der Waals surface area contributed by atoms with Crippen LogP contribution >= 0.6 is 0 Å². The number of likely N-dealkylation sites (tertiary alicyclic amines) is 1. The number of rotatable bonds is 3. The zero-order valence-electron chi connectivity index (χ0n) is 11.1. The Balaban J connectivity index is 1.60. The Morgan fingerprint density at radius 3 is 2.80 bits per heavy atom. The number of hydrogen-bond acceptors (Lipinski definition) is 2. The van der Waals surface area contributed by atoms with E-state index in [9.17, 15) is 9.18 Å². The summed E-state index contributed by atoms with van der Waals surface area (Å²) < 4.78 is 18.2. The van der Waals surface area contributed by atoms with Crippen molar-refractivity contribution >= 4 is 5.91 Å². The van der Waals surface area contributed by atoms with Crippen LogP contribution in [-0.4, -0.2) is 23.9 Å². The number of nitrogens with zero attached hydrogens (tertiary/aromatic N) is 1. The molecule has 1 unspecified atom stereocenters. The number of furan rings is 1. The van der Waals surface area contributed by atoms with E-state index in [1.807, 2.05) is 17.0 Å². The maximum absolute atomic E-state index is 12.8. The Hall–Kier alpha value is -2.10. The smallest absolute Gasteiger partial charge is 0.227 e. The molecule has 4 heteroatoms. The fourth-order valence-corrected chi connectivity index (χ4v) is 2.63. The first kappa shape index (κ1) is 12.9.